The summed E-state index contributed by atoms with van der Waals surface area (Å²) >= 11 is 0. The second-order valence-corrected chi connectivity index (χ2v) is 4.28. The van der Waals surface area contributed by atoms with Crippen LogP contribution in [-0.2, 0) is 18.3 Å². The molecule has 0 spiro atoms. The molecule has 18 heavy (non-hydrogen) atoms. The number of hydrogen-bond donors (Lipinski definition) is 1. The first-order chi connectivity index (χ1) is 8.67. The summed E-state index contributed by atoms with van der Waals surface area (Å²) < 4.78 is 11.9. The molecule has 0 radical (unpaired) electrons. The fourth-order valence-corrected chi connectivity index (χ4v) is 1.70. The summed E-state index contributed by atoms with van der Waals surface area (Å²) in [5, 5.41) is 7.70. The molecular weight excluding hydrogens is 232 g/mol. The fourth-order valence-electron chi connectivity index (χ4n) is 1.70. The predicted molar refractivity (Wildman–Crippen MR) is 70.8 cm³/mol. The maximum absolute atomic E-state index is 5.19. The topological polar surface area (TPSA) is 51.6 Å². The van der Waals surface area contributed by atoms with Crippen LogP contribution in [0.3, 0.4) is 0 Å². The van der Waals surface area contributed by atoms with E-state index >= 15 is 0 Å². The van der Waals surface area contributed by atoms with Gasteiger partial charge in [0.1, 0.15) is 0 Å². The van der Waals surface area contributed by atoms with Crippen LogP contribution >= 0.6 is 0 Å². The van der Waals surface area contributed by atoms with E-state index in [4.69, 9.17) is 9.47 Å². The van der Waals surface area contributed by atoms with E-state index in [1.165, 1.54) is 0 Å². The van der Waals surface area contributed by atoms with Gasteiger partial charge in [0.2, 0.25) is 5.88 Å². The normalized spacial score (nSPS) is 11.2. The fraction of sp³-hybridized carbons (Fsp3) is 0.750. The number of nitrogens with one attached hydrogen (secondary N) is 1. The summed E-state index contributed by atoms with van der Waals surface area (Å²) in [6.45, 7) is 4.39. The van der Waals surface area contributed by atoms with E-state index in [0.717, 1.165) is 44.4 Å². The van der Waals surface area contributed by atoms with E-state index < -0.39 is 0 Å². The van der Waals surface area contributed by atoms with Crippen LogP contribution in [-0.4, -0.2) is 62.2 Å². The van der Waals surface area contributed by atoms with Crippen LogP contribution in [0.2, 0.25) is 0 Å². The minimum Gasteiger partial charge on any atom is -0.481 e. The third-order valence-corrected chi connectivity index (χ3v) is 2.68. The smallest absolute Gasteiger partial charge is 0.211 e. The molecule has 0 aliphatic rings. The Balaban J connectivity index is 2.24. The van der Waals surface area contributed by atoms with Crippen LogP contribution in [0.25, 0.3) is 0 Å². The number of aromatic nitrogens is 2. The van der Waals surface area contributed by atoms with Gasteiger partial charge in [-0.1, -0.05) is 0 Å². The van der Waals surface area contributed by atoms with E-state index in [-0.39, 0.29) is 0 Å². The number of hydrogen-bond acceptors (Lipinski definition) is 5. The first-order valence-electron chi connectivity index (χ1n) is 6.12. The number of rotatable bonds is 9. The Morgan fingerprint density at radius 1 is 1.39 bits per heavy atom. The van der Waals surface area contributed by atoms with Gasteiger partial charge < -0.3 is 14.8 Å². The summed E-state index contributed by atoms with van der Waals surface area (Å²) in [5.41, 5.74) is 1.02. The number of methoxy groups -OCH3 is 2. The van der Waals surface area contributed by atoms with Crippen molar-refractivity contribution < 1.29 is 9.47 Å². The van der Waals surface area contributed by atoms with Crippen molar-refractivity contribution in [1.82, 2.24) is 20.0 Å². The van der Waals surface area contributed by atoms with Crippen molar-refractivity contribution in [3.05, 3.63) is 11.8 Å². The molecule has 1 rings (SSSR count). The average Bonchev–Trinajstić information content (AvgIpc) is 2.69. The van der Waals surface area contributed by atoms with Gasteiger partial charge in [-0.2, -0.15) is 5.10 Å². The van der Waals surface area contributed by atoms with Crippen molar-refractivity contribution in [1.29, 1.82) is 0 Å². The highest BCUT2D eigenvalue weighted by Gasteiger charge is 2.07. The van der Waals surface area contributed by atoms with Gasteiger partial charge in [0, 0.05) is 46.4 Å². The molecule has 6 nitrogen and oxygen atoms in total. The molecule has 0 amide bonds. The van der Waals surface area contributed by atoms with E-state index in [1.807, 2.05) is 13.1 Å². The maximum atomic E-state index is 5.19. The Bertz CT molecular complexity index is 341. The Labute approximate surface area is 109 Å². The molecule has 1 aromatic rings. The Kier molecular flexibility index (Phi) is 6.70. The molecule has 6 heteroatoms. The van der Waals surface area contributed by atoms with Gasteiger partial charge in [0.05, 0.1) is 19.4 Å². The summed E-state index contributed by atoms with van der Waals surface area (Å²) in [7, 11) is 7.33. The van der Waals surface area contributed by atoms with Crippen LogP contribution in [0, 0.1) is 0 Å². The minimum absolute atomic E-state index is 0.751. The largest absolute Gasteiger partial charge is 0.481 e. The van der Waals surface area contributed by atoms with Gasteiger partial charge >= 0.3 is 0 Å². The third kappa shape index (κ3) is 5.03. The quantitative estimate of drug-likeness (QED) is 0.635. The molecule has 0 aromatic carbocycles. The van der Waals surface area contributed by atoms with Crippen molar-refractivity contribution in [3.63, 3.8) is 0 Å². The third-order valence-electron chi connectivity index (χ3n) is 2.68. The lowest BCUT2D eigenvalue weighted by atomic mass is 10.4. The Hall–Kier alpha value is -1.11. The highest BCUT2D eigenvalue weighted by atomic mass is 16.5. The number of likely N-dealkylation sites (N-methyl/N-ethyl adjacent to an activating group) is 1. The zero-order valence-corrected chi connectivity index (χ0v) is 11.8. The summed E-state index contributed by atoms with van der Waals surface area (Å²) in [6, 6.07) is 1.97. The molecule has 0 fully saturated rings. The predicted octanol–water partition coefficient (Wildman–Crippen LogP) is 0.0965. The molecule has 0 aliphatic heterocycles. The lowest BCUT2D eigenvalue weighted by Crippen LogP contribution is -2.30. The first-order valence-corrected chi connectivity index (χ1v) is 6.12. The maximum Gasteiger partial charge on any atom is 0.211 e. The van der Waals surface area contributed by atoms with Crippen LogP contribution in [0.1, 0.15) is 5.69 Å². The van der Waals surface area contributed by atoms with Gasteiger partial charge in [0.15, 0.2) is 0 Å². The van der Waals surface area contributed by atoms with Crippen LogP contribution in [0.5, 0.6) is 5.88 Å². The molecule has 0 aliphatic carbocycles. The van der Waals surface area contributed by atoms with Crippen molar-refractivity contribution in [2.75, 3.05) is 47.5 Å². The average molecular weight is 256 g/mol. The second-order valence-electron chi connectivity index (χ2n) is 4.28. The SMILES string of the molecule is COCCNCCN(C)Cc1cc(OC)n(C)n1. The molecule has 1 aromatic heterocycles. The number of aryl methyl sites for hydroxylation is 1. The molecule has 0 atom stereocenters. The molecule has 0 saturated carbocycles. The van der Waals surface area contributed by atoms with Gasteiger partial charge in [-0.3, -0.25) is 4.90 Å². The monoisotopic (exact) mass is 256 g/mol. The summed E-state index contributed by atoms with van der Waals surface area (Å²) in [6.07, 6.45) is 0. The molecule has 104 valence electrons. The van der Waals surface area contributed by atoms with Crippen LogP contribution in [0.15, 0.2) is 6.07 Å². The van der Waals surface area contributed by atoms with E-state index in [2.05, 4.69) is 22.4 Å². The van der Waals surface area contributed by atoms with E-state index in [9.17, 15) is 0 Å². The minimum atomic E-state index is 0.751. The van der Waals surface area contributed by atoms with E-state index in [0.29, 0.717) is 0 Å². The first kappa shape index (κ1) is 14.9. The Morgan fingerprint density at radius 2 is 2.17 bits per heavy atom. The van der Waals surface area contributed by atoms with Crippen molar-refractivity contribution >= 4 is 0 Å². The van der Waals surface area contributed by atoms with Crippen molar-refractivity contribution in [2.24, 2.45) is 7.05 Å². The highest BCUT2D eigenvalue weighted by Crippen LogP contribution is 2.11. The lowest BCUT2D eigenvalue weighted by molar-refractivity contribution is 0.197. The van der Waals surface area contributed by atoms with Gasteiger partial charge in [0.25, 0.3) is 0 Å². The van der Waals surface area contributed by atoms with Crippen LogP contribution in [0.4, 0.5) is 0 Å². The zero-order valence-electron chi connectivity index (χ0n) is 11.8. The molecule has 0 saturated heterocycles. The van der Waals surface area contributed by atoms with Gasteiger partial charge in [-0.15, -0.1) is 0 Å². The van der Waals surface area contributed by atoms with Crippen LogP contribution < -0.4 is 10.1 Å². The van der Waals surface area contributed by atoms with Gasteiger partial charge in [-0.25, -0.2) is 4.68 Å². The van der Waals surface area contributed by atoms with Crippen molar-refractivity contribution in [2.45, 2.75) is 6.54 Å². The lowest BCUT2D eigenvalue weighted by Gasteiger charge is -2.15. The zero-order chi connectivity index (χ0) is 13.4. The number of nitrogens with zero attached hydrogens (tertiary/aromatic N) is 3. The molecule has 1 heterocycles. The van der Waals surface area contributed by atoms with Gasteiger partial charge in [-0.05, 0) is 7.05 Å². The highest BCUT2D eigenvalue weighted by molar-refractivity contribution is 5.15. The van der Waals surface area contributed by atoms with Crippen molar-refractivity contribution in [3.8, 4) is 5.88 Å². The second kappa shape index (κ2) is 8.07. The molecule has 0 unspecified atom stereocenters. The van der Waals surface area contributed by atoms with E-state index in [1.54, 1.807) is 18.9 Å². The molecule has 0 bridgehead atoms. The summed E-state index contributed by atoms with van der Waals surface area (Å²) in [5.74, 6) is 0.789. The molecular formula is C12H24N4O2. The summed E-state index contributed by atoms with van der Waals surface area (Å²) in [4.78, 5) is 2.22. The molecule has 1 N–H and O–H groups in total. The number of ether oxygens (including phenoxy) is 2. The standard InChI is InChI=1S/C12H24N4O2/c1-15(7-5-13-6-8-17-3)10-11-9-12(18-4)16(2)14-11/h9,13H,5-8,10H2,1-4H3. The Morgan fingerprint density at radius 3 is 2.78 bits per heavy atom.